The normalized spacial score (nSPS) is 11.7. The standard InChI is InChI=1S/C17H20N2O3/c1-3-12(2)16(20)18-11-13-6-8-14(9-7-13)19-17(21)15-5-4-10-22-15/h4-10,12H,3,11H2,1-2H3,(H,18,20)(H,19,21). The molecule has 0 radical (unpaired) electrons. The zero-order chi connectivity index (χ0) is 15.9. The van der Waals surface area contributed by atoms with Crippen molar-refractivity contribution in [2.45, 2.75) is 26.8 Å². The summed E-state index contributed by atoms with van der Waals surface area (Å²) in [5.41, 5.74) is 1.66. The molecule has 0 aliphatic rings. The number of amides is 2. The summed E-state index contributed by atoms with van der Waals surface area (Å²) in [5.74, 6) is 0.0530. The summed E-state index contributed by atoms with van der Waals surface area (Å²) < 4.78 is 5.03. The van der Waals surface area contributed by atoms with Crippen LogP contribution in [0.25, 0.3) is 0 Å². The van der Waals surface area contributed by atoms with E-state index in [1.807, 2.05) is 26.0 Å². The first-order valence-corrected chi connectivity index (χ1v) is 7.31. The van der Waals surface area contributed by atoms with Crippen molar-refractivity contribution in [2.75, 3.05) is 5.32 Å². The molecule has 2 rings (SSSR count). The van der Waals surface area contributed by atoms with E-state index in [0.717, 1.165) is 12.0 Å². The van der Waals surface area contributed by atoms with Gasteiger partial charge < -0.3 is 15.1 Å². The van der Waals surface area contributed by atoms with E-state index in [1.54, 1.807) is 24.3 Å². The van der Waals surface area contributed by atoms with E-state index in [0.29, 0.717) is 12.2 Å². The predicted molar refractivity (Wildman–Crippen MR) is 84.4 cm³/mol. The molecule has 0 aliphatic heterocycles. The van der Waals surface area contributed by atoms with E-state index >= 15 is 0 Å². The fraction of sp³-hybridized carbons (Fsp3) is 0.294. The van der Waals surface area contributed by atoms with E-state index in [9.17, 15) is 9.59 Å². The maximum atomic E-state index is 11.8. The summed E-state index contributed by atoms with van der Waals surface area (Å²) >= 11 is 0. The van der Waals surface area contributed by atoms with Crippen LogP contribution in [0.15, 0.2) is 47.1 Å². The van der Waals surface area contributed by atoms with Crippen LogP contribution >= 0.6 is 0 Å². The molecule has 2 aromatic rings. The number of hydrogen-bond acceptors (Lipinski definition) is 3. The maximum Gasteiger partial charge on any atom is 0.291 e. The molecule has 5 nitrogen and oxygen atoms in total. The fourth-order valence-electron chi connectivity index (χ4n) is 1.86. The van der Waals surface area contributed by atoms with Gasteiger partial charge in [-0.15, -0.1) is 0 Å². The molecule has 22 heavy (non-hydrogen) atoms. The van der Waals surface area contributed by atoms with Crippen LogP contribution in [0, 0.1) is 5.92 Å². The lowest BCUT2D eigenvalue weighted by Crippen LogP contribution is -2.28. The summed E-state index contributed by atoms with van der Waals surface area (Å²) in [6.45, 7) is 4.37. The highest BCUT2D eigenvalue weighted by Gasteiger charge is 2.10. The van der Waals surface area contributed by atoms with Crippen LogP contribution in [0.3, 0.4) is 0 Å². The Balaban J connectivity index is 1.88. The van der Waals surface area contributed by atoms with Gasteiger partial charge in [-0.25, -0.2) is 0 Å². The zero-order valence-corrected chi connectivity index (χ0v) is 12.8. The summed E-state index contributed by atoms with van der Waals surface area (Å²) in [7, 11) is 0. The fourth-order valence-corrected chi connectivity index (χ4v) is 1.86. The Hall–Kier alpha value is -2.56. The van der Waals surface area contributed by atoms with Gasteiger partial charge in [0.1, 0.15) is 0 Å². The van der Waals surface area contributed by atoms with Gasteiger partial charge in [-0.05, 0) is 36.2 Å². The third-order valence-electron chi connectivity index (χ3n) is 3.48. The highest BCUT2D eigenvalue weighted by Crippen LogP contribution is 2.12. The van der Waals surface area contributed by atoms with Gasteiger partial charge in [-0.3, -0.25) is 9.59 Å². The van der Waals surface area contributed by atoms with Crippen LogP contribution < -0.4 is 10.6 Å². The molecule has 0 saturated heterocycles. The van der Waals surface area contributed by atoms with Gasteiger partial charge in [0, 0.05) is 18.2 Å². The SMILES string of the molecule is CCC(C)C(=O)NCc1ccc(NC(=O)c2ccco2)cc1. The lowest BCUT2D eigenvalue weighted by molar-refractivity contribution is -0.124. The first kappa shape index (κ1) is 15.8. The molecular formula is C17H20N2O3. The number of carbonyl (C=O) groups excluding carboxylic acids is 2. The number of anilines is 1. The number of nitrogens with one attached hydrogen (secondary N) is 2. The van der Waals surface area contributed by atoms with Gasteiger partial charge in [0.15, 0.2) is 5.76 Å². The minimum Gasteiger partial charge on any atom is -0.459 e. The molecule has 5 heteroatoms. The molecule has 0 bridgehead atoms. The smallest absolute Gasteiger partial charge is 0.291 e. The molecule has 2 amide bonds. The van der Waals surface area contributed by atoms with Crippen LogP contribution in [0.4, 0.5) is 5.69 Å². The van der Waals surface area contributed by atoms with Crippen molar-refractivity contribution in [3.05, 3.63) is 54.0 Å². The van der Waals surface area contributed by atoms with Crippen molar-refractivity contribution in [2.24, 2.45) is 5.92 Å². The van der Waals surface area contributed by atoms with E-state index in [-0.39, 0.29) is 23.5 Å². The molecule has 1 atom stereocenters. The van der Waals surface area contributed by atoms with E-state index < -0.39 is 0 Å². The lowest BCUT2D eigenvalue weighted by atomic mass is 10.1. The average Bonchev–Trinajstić information content (AvgIpc) is 3.07. The summed E-state index contributed by atoms with van der Waals surface area (Å²) in [6.07, 6.45) is 2.28. The van der Waals surface area contributed by atoms with Crippen molar-refractivity contribution in [1.82, 2.24) is 5.32 Å². The number of carbonyl (C=O) groups is 2. The van der Waals surface area contributed by atoms with Gasteiger partial charge in [-0.1, -0.05) is 26.0 Å². The van der Waals surface area contributed by atoms with Crippen molar-refractivity contribution in [3.8, 4) is 0 Å². The number of rotatable bonds is 6. The van der Waals surface area contributed by atoms with Crippen molar-refractivity contribution >= 4 is 17.5 Å². The molecule has 116 valence electrons. The highest BCUT2D eigenvalue weighted by atomic mass is 16.3. The number of furan rings is 1. The number of hydrogen-bond donors (Lipinski definition) is 2. The largest absolute Gasteiger partial charge is 0.459 e. The molecule has 0 spiro atoms. The number of benzene rings is 1. The Kier molecular flexibility index (Phi) is 5.36. The molecule has 1 heterocycles. The molecule has 2 N–H and O–H groups in total. The van der Waals surface area contributed by atoms with E-state index in [2.05, 4.69) is 10.6 Å². The van der Waals surface area contributed by atoms with Crippen LogP contribution in [0.5, 0.6) is 0 Å². The van der Waals surface area contributed by atoms with Crippen LogP contribution in [-0.2, 0) is 11.3 Å². The molecule has 0 fully saturated rings. The third kappa shape index (κ3) is 4.22. The van der Waals surface area contributed by atoms with Gasteiger partial charge in [-0.2, -0.15) is 0 Å². The minimum absolute atomic E-state index is 0.0202. The van der Waals surface area contributed by atoms with E-state index in [1.165, 1.54) is 6.26 Å². The monoisotopic (exact) mass is 300 g/mol. The molecule has 0 aliphatic carbocycles. The molecule has 0 saturated carbocycles. The Bertz CT molecular complexity index is 618. The first-order valence-electron chi connectivity index (χ1n) is 7.31. The predicted octanol–water partition coefficient (Wildman–Crippen LogP) is 3.19. The Morgan fingerprint density at radius 1 is 1.18 bits per heavy atom. The molecule has 1 unspecified atom stereocenters. The topological polar surface area (TPSA) is 71.3 Å². The van der Waals surface area contributed by atoms with Gasteiger partial charge >= 0.3 is 0 Å². The second kappa shape index (κ2) is 7.45. The molecular weight excluding hydrogens is 280 g/mol. The molecule has 1 aromatic heterocycles. The summed E-state index contributed by atoms with van der Waals surface area (Å²) in [5, 5.41) is 5.63. The Labute approximate surface area is 129 Å². The Morgan fingerprint density at radius 3 is 2.50 bits per heavy atom. The summed E-state index contributed by atoms with van der Waals surface area (Å²) in [6, 6.07) is 10.6. The Morgan fingerprint density at radius 2 is 1.91 bits per heavy atom. The third-order valence-corrected chi connectivity index (χ3v) is 3.48. The van der Waals surface area contributed by atoms with E-state index in [4.69, 9.17) is 4.42 Å². The van der Waals surface area contributed by atoms with Crippen LogP contribution in [0.2, 0.25) is 0 Å². The van der Waals surface area contributed by atoms with Gasteiger partial charge in [0.05, 0.1) is 6.26 Å². The average molecular weight is 300 g/mol. The quantitative estimate of drug-likeness (QED) is 0.860. The zero-order valence-electron chi connectivity index (χ0n) is 12.8. The molecule has 1 aromatic carbocycles. The van der Waals surface area contributed by atoms with Crippen molar-refractivity contribution < 1.29 is 14.0 Å². The second-order valence-corrected chi connectivity index (χ2v) is 5.16. The first-order chi connectivity index (χ1) is 10.6. The van der Waals surface area contributed by atoms with Crippen LogP contribution in [-0.4, -0.2) is 11.8 Å². The maximum absolute atomic E-state index is 11.8. The highest BCUT2D eigenvalue weighted by molar-refractivity contribution is 6.02. The summed E-state index contributed by atoms with van der Waals surface area (Å²) in [4.78, 5) is 23.5. The van der Waals surface area contributed by atoms with Gasteiger partial charge in [0.25, 0.3) is 5.91 Å². The van der Waals surface area contributed by atoms with Gasteiger partial charge in [0.2, 0.25) is 5.91 Å². The minimum atomic E-state index is -0.289. The van der Waals surface area contributed by atoms with Crippen molar-refractivity contribution in [1.29, 1.82) is 0 Å². The lowest BCUT2D eigenvalue weighted by Gasteiger charge is -2.10. The van der Waals surface area contributed by atoms with Crippen molar-refractivity contribution in [3.63, 3.8) is 0 Å². The second-order valence-electron chi connectivity index (χ2n) is 5.16. The van der Waals surface area contributed by atoms with Crippen LogP contribution in [0.1, 0.15) is 36.4 Å².